The van der Waals surface area contributed by atoms with Gasteiger partial charge in [-0.3, -0.25) is 10.8 Å². The molecule has 3 N–H and O–H groups in total. The number of halogens is 2. The van der Waals surface area contributed by atoms with Crippen LogP contribution >= 0.6 is 0 Å². The van der Waals surface area contributed by atoms with E-state index in [0.717, 1.165) is 41.7 Å². The highest BCUT2D eigenvalue weighted by molar-refractivity contribution is 6.28. The maximum absolute atomic E-state index is 14.1. The molecule has 0 bridgehead atoms. The second-order valence-electron chi connectivity index (χ2n) is 8.98. The minimum atomic E-state index is -0.663. The summed E-state index contributed by atoms with van der Waals surface area (Å²) in [7, 11) is 0. The first kappa shape index (κ1) is 21.2. The fourth-order valence-electron chi connectivity index (χ4n) is 4.49. The first-order valence-electron chi connectivity index (χ1n) is 10.7. The van der Waals surface area contributed by atoms with Gasteiger partial charge in [0.05, 0.1) is 0 Å². The molecule has 0 radical (unpaired) electrons. The molecular formula is C26H27F2N3. The van der Waals surface area contributed by atoms with Crippen molar-refractivity contribution in [3.63, 3.8) is 0 Å². The number of benzene rings is 3. The highest BCUT2D eigenvalue weighted by Gasteiger charge is 2.28. The van der Waals surface area contributed by atoms with Gasteiger partial charge in [-0.05, 0) is 58.0 Å². The van der Waals surface area contributed by atoms with Crippen LogP contribution in [0.3, 0.4) is 0 Å². The van der Waals surface area contributed by atoms with Gasteiger partial charge in [-0.25, -0.2) is 8.78 Å². The molecule has 0 unspecified atom stereocenters. The predicted molar refractivity (Wildman–Crippen MR) is 123 cm³/mol. The lowest BCUT2D eigenvalue weighted by molar-refractivity contribution is 0.450. The minimum Gasteiger partial charge on any atom is -0.325 e. The van der Waals surface area contributed by atoms with Gasteiger partial charge >= 0.3 is 0 Å². The lowest BCUT2D eigenvalue weighted by Gasteiger charge is -2.26. The minimum absolute atomic E-state index is 0.0503. The molecule has 1 heterocycles. The van der Waals surface area contributed by atoms with E-state index in [0.29, 0.717) is 22.3 Å². The molecule has 1 aliphatic rings. The van der Waals surface area contributed by atoms with Crippen LogP contribution in [-0.4, -0.2) is 11.7 Å². The summed E-state index contributed by atoms with van der Waals surface area (Å²) in [6.07, 6.45) is 4.53. The molecule has 0 fully saturated rings. The Morgan fingerprint density at radius 3 is 2.26 bits per heavy atom. The van der Waals surface area contributed by atoms with Crippen LogP contribution < -0.4 is 5.32 Å². The van der Waals surface area contributed by atoms with Crippen molar-refractivity contribution in [2.45, 2.75) is 51.9 Å². The van der Waals surface area contributed by atoms with Gasteiger partial charge in [0.2, 0.25) is 0 Å². The maximum atomic E-state index is 14.1. The second-order valence-corrected chi connectivity index (χ2v) is 8.98. The summed E-state index contributed by atoms with van der Waals surface area (Å²) < 4.78 is 28.3. The Balaban J connectivity index is 1.99. The van der Waals surface area contributed by atoms with Crippen LogP contribution in [-0.2, 0) is 5.41 Å². The lowest BCUT2D eigenvalue weighted by atomic mass is 9.78. The first-order valence-corrected chi connectivity index (χ1v) is 10.7. The molecule has 0 aliphatic carbocycles. The fourth-order valence-corrected chi connectivity index (χ4v) is 4.49. The number of unbranched alkanes of at least 4 members (excludes halogenated alkanes) is 2. The van der Waals surface area contributed by atoms with E-state index in [9.17, 15) is 8.78 Å². The zero-order valence-electron chi connectivity index (χ0n) is 18.1. The molecule has 0 aromatic heterocycles. The number of amidine groups is 2. The molecule has 0 amide bonds. The third-order valence-corrected chi connectivity index (χ3v) is 6.25. The van der Waals surface area contributed by atoms with Crippen molar-refractivity contribution in [2.24, 2.45) is 0 Å². The molecule has 0 atom stereocenters. The summed E-state index contributed by atoms with van der Waals surface area (Å²) in [4.78, 5) is 0. The van der Waals surface area contributed by atoms with Crippen LogP contribution in [0.2, 0.25) is 0 Å². The van der Waals surface area contributed by atoms with Crippen LogP contribution in [0.1, 0.15) is 63.1 Å². The van der Waals surface area contributed by atoms with E-state index >= 15 is 0 Å². The van der Waals surface area contributed by atoms with Crippen LogP contribution in [0.25, 0.3) is 21.9 Å². The van der Waals surface area contributed by atoms with Crippen molar-refractivity contribution in [3.8, 4) is 11.1 Å². The predicted octanol–water partition coefficient (Wildman–Crippen LogP) is 6.90. The molecule has 0 saturated carbocycles. The summed E-state index contributed by atoms with van der Waals surface area (Å²) in [5.41, 5.74) is 3.17. The highest BCUT2D eigenvalue weighted by atomic mass is 19.1. The van der Waals surface area contributed by atoms with E-state index in [2.05, 4.69) is 38.2 Å². The van der Waals surface area contributed by atoms with Crippen molar-refractivity contribution in [1.29, 1.82) is 10.8 Å². The summed E-state index contributed by atoms with van der Waals surface area (Å²) in [5, 5.41) is 21.1. The Morgan fingerprint density at radius 1 is 0.871 bits per heavy atom. The topological polar surface area (TPSA) is 59.7 Å². The van der Waals surface area contributed by atoms with Gasteiger partial charge in [0.25, 0.3) is 0 Å². The Morgan fingerprint density at radius 2 is 1.58 bits per heavy atom. The van der Waals surface area contributed by atoms with Crippen molar-refractivity contribution in [3.05, 3.63) is 70.8 Å². The van der Waals surface area contributed by atoms with Gasteiger partial charge in [-0.1, -0.05) is 52.2 Å². The molecule has 3 aromatic carbocycles. The molecular weight excluding hydrogens is 392 g/mol. The third kappa shape index (κ3) is 3.85. The van der Waals surface area contributed by atoms with E-state index in [-0.39, 0.29) is 17.1 Å². The highest BCUT2D eigenvalue weighted by Crippen LogP contribution is 2.40. The summed E-state index contributed by atoms with van der Waals surface area (Å²) in [6.45, 7) is 6.63. The van der Waals surface area contributed by atoms with Crippen LogP contribution in [0.5, 0.6) is 0 Å². The number of fused-ring (bicyclic) bond motifs is 2. The van der Waals surface area contributed by atoms with Crippen molar-refractivity contribution >= 4 is 22.4 Å². The van der Waals surface area contributed by atoms with E-state index in [1.807, 2.05) is 12.1 Å². The molecule has 5 heteroatoms. The average molecular weight is 420 g/mol. The van der Waals surface area contributed by atoms with E-state index < -0.39 is 11.6 Å². The van der Waals surface area contributed by atoms with Crippen LogP contribution in [0, 0.1) is 22.5 Å². The smallest absolute Gasteiger partial charge is 0.132 e. The van der Waals surface area contributed by atoms with E-state index in [1.54, 1.807) is 0 Å². The van der Waals surface area contributed by atoms with Gasteiger partial charge in [-0.15, -0.1) is 0 Å². The molecule has 3 nitrogen and oxygen atoms in total. The normalized spacial score (nSPS) is 13.6. The summed E-state index contributed by atoms with van der Waals surface area (Å²) in [5.74, 6) is -1.12. The van der Waals surface area contributed by atoms with Gasteiger partial charge in [-0.2, -0.15) is 0 Å². The molecule has 160 valence electrons. The van der Waals surface area contributed by atoms with E-state index in [4.69, 9.17) is 10.8 Å². The molecule has 3 aromatic rings. The Kier molecular flexibility index (Phi) is 5.38. The number of hydrogen-bond donors (Lipinski definition) is 3. The average Bonchev–Trinajstić information content (AvgIpc) is 2.98. The Hall–Kier alpha value is -3.08. The molecule has 4 rings (SSSR count). The third-order valence-electron chi connectivity index (χ3n) is 6.25. The second kappa shape index (κ2) is 7.88. The summed E-state index contributed by atoms with van der Waals surface area (Å²) in [6, 6.07) is 11.5. The van der Waals surface area contributed by atoms with Crippen molar-refractivity contribution in [2.75, 3.05) is 0 Å². The van der Waals surface area contributed by atoms with Gasteiger partial charge < -0.3 is 5.32 Å². The molecule has 0 spiro atoms. The van der Waals surface area contributed by atoms with Gasteiger partial charge in [0.1, 0.15) is 23.3 Å². The molecule has 1 aliphatic heterocycles. The van der Waals surface area contributed by atoms with Crippen molar-refractivity contribution in [1.82, 2.24) is 5.32 Å². The van der Waals surface area contributed by atoms with Gasteiger partial charge in [0.15, 0.2) is 0 Å². The van der Waals surface area contributed by atoms with Crippen molar-refractivity contribution < 1.29 is 8.78 Å². The molecule has 0 saturated heterocycles. The lowest BCUT2D eigenvalue weighted by Crippen LogP contribution is -2.20. The number of nitrogens with one attached hydrogen (secondary N) is 3. The zero-order chi connectivity index (χ0) is 22.3. The largest absolute Gasteiger partial charge is 0.325 e. The zero-order valence-corrected chi connectivity index (χ0v) is 18.1. The van der Waals surface area contributed by atoms with Crippen LogP contribution in [0.15, 0.2) is 42.5 Å². The molecule has 31 heavy (non-hydrogen) atoms. The fraction of sp³-hybridized carbons (Fsp3) is 0.308. The number of rotatable bonds is 6. The van der Waals surface area contributed by atoms with Gasteiger partial charge in [0, 0.05) is 22.8 Å². The standard InChI is InChI=1S/C26H27F2N3/c1-4-5-6-9-26(2,3)17-8-7-15-12-21-23(25(30)31-24(21)29)22(20(15)13-17)16-10-18(27)14-19(28)11-16/h7-8,10-14H,4-6,9H2,1-3H3,(H3,29,30,31). The quantitative estimate of drug-likeness (QED) is 0.374. The Labute approximate surface area is 181 Å². The SMILES string of the molecule is CCCCCC(C)(C)c1ccc2cc3c(c(-c4cc(F)cc(F)c4)c2c1)C(=N)NC3=N. The maximum Gasteiger partial charge on any atom is 0.132 e. The summed E-state index contributed by atoms with van der Waals surface area (Å²) >= 11 is 0. The van der Waals surface area contributed by atoms with E-state index in [1.165, 1.54) is 18.6 Å². The number of hydrogen-bond acceptors (Lipinski definition) is 2. The Bertz CT molecular complexity index is 1190. The first-order chi connectivity index (χ1) is 14.7. The monoisotopic (exact) mass is 419 g/mol. The van der Waals surface area contributed by atoms with Crippen LogP contribution in [0.4, 0.5) is 8.78 Å².